The summed E-state index contributed by atoms with van der Waals surface area (Å²) in [5.74, 6) is 1.21. The van der Waals surface area contributed by atoms with Crippen LogP contribution < -0.4 is 20.5 Å². The number of amides is 1. The molecule has 21 heavy (non-hydrogen) atoms. The number of nitrogens with one attached hydrogen (secondary N) is 1. The number of rotatable bonds is 3. The Balaban J connectivity index is 1.95. The molecule has 0 unspecified atom stereocenters. The number of nitrogens with two attached hydrogens (primary N) is 1. The summed E-state index contributed by atoms with van der Waals surface area (Å²) in [6.07, 6.45) is 0. The summed E-state index contributed by atoms with van der Waals surface area (Å²) in [6, 6.07) is 11.2. The minimum Gasteiger partial charge on any atom is -0.496 e. The summed E-state index contributed by atoms with van der Waals surface area (Å²) in [5.41, 5.74) is 7.30. The summed E-state index contributed by atoms with van der Waals surface area (Å²) in [4.78, 5) is 13.2. The van der Waals surface area contributed by atoms with Crippen LogP contribution in [0.2, 0.25) is 0 Å². The third-order valence-corrected chi connectivity index (χ3v) is 4.16. The third-order valence-electron chi connectivity index (χ3n) is 3.03. The Morgan fingerprint density at radius 3 is 2.90 bits per heavy atom. The second kappa shape index (κ2) is 5.57. The number of methoxy groups -OCH3 is 1. The lowest BCUT2D eigenvalue weighted by Gasteiger charge is -2.20. The first-order valence-electron chi connectivity index (χ1n) is 6.34. The van der Waals surface area contributed by atoms with E-state index in [2.05, 4.69) is 5.32 Å². The Kier molecular flexibility index (Phi) is 3.62. The molecule has 0 bridgehead atoms. The summed E-state index contributed by atoms with van der Waals surface area (Å²) < 4.78 is 10.7. The van der Waals surface area contributed by atoms with Crippen molar-refractivity contribution in [2.75, 3.05) is 24.8 Å². The summed E-state index contributed by atoms with van der Waals surface area (Å²) in [5, 5.41) is 2.78. The van der Waals surface area contributed by atoms with E-state index in [1.165, 1.54) is 11.8 Å². The number of nitrogen functional groups attached to an aromatic ring is 1. The maximum Gasteiger partial charge on any atom is 0.262 e. The van der Waals surface area contributed by atoms with E-state index >= 15 is 0 Å². The summed E-state index contributed by atoms with van der Waals surface area (Å²) in [6.45, 7) is 0.0193. The van der Waals surface area contributed by atoms with Gasteiger partial charge in [0.05, 0.1) is 17.7 Å². The zero-order chi connectivity index (χ0) is 14.8. The highest BCUT2D eigenvalue weighted by atomic mass is 32.2. The first kappa shape index (κ1) is 13.6. The van der Waals surface area contributed by atoms with Crippen molar-refractivity contribution in [2.24, 2.45) is 0 Å². The predicted octanol–water partition coefficient (Wildman–Crippen LogP) is 2.76. The molecule has 0 fully saturated rings. The number of benzene rings is 2. The van der Waals surface area contributed by atoms with Crippen molar-refractivity contribution < 1.29 is 14.3 Å². The van der Waals surface area contributed by atoms with Crippen LogP contribution in [0.15, 0.2) is 46.2 Å². The number of hydrogen-bond acceptors (Lipinski definition) is 5. The molecule has 2 aromatic carbocycles. The van der Waals surface area contributed by atoms with Crippen molar-refractivity contribution >= 4 is 29.0 Å². The van der Waals surface area contributed by atoms with Crippen molar-refractivity contribution in [3.05, 3.63) is 36.4 Å². The van der Waals surface area contributed by atoms with E-state index < -0.39 is 0 Å². The molecule has 5 nitrogen and oxygen atoms in total. The second-order valence-electron chi connectivity index (χ2n) is 4.48. The zero-order valence-corrected chi connectivity index (χ0v) is 12.2. The smallest absolute Gasteiger partial charge is 0.262 e. The maximum absolute atomic E-state index is 11.4. The van der Waals surface area contributed by atoms with Gasteiger partial charge in [0.15, 0.2) is 6.61 Å². The summed E-state index contributed by atoms with van der Waals surface area (Å²) >= 11 is 1.48. The standard InChI is InChI=1S/C15H14N2O3S/c1-19-11-4-2-3-5-13(11)21-14-7-10-12(6-9(14)16)20-8-15(18)17-10/h2-7H,8,16H2,1H3,(H,17,18). The van der Waals surface area contributed by atoms with Crippen LogP contribution in [-0.4, -0.2) is 19.6 Å². The molecule has 0 aliphatic carbocycles. The highest BCUT2D eigenvalue weighted by Crippen LogP contribution is 2.42. The molecule has 108 valence electrons. The number of ether oxygens (including phenoxy) is 2. The molecule has 0 radical (unpaired) electrons. The summed E-state index contributed by atoms with van der Waals surface area (Å²) in [7, 11) is 1.63. The average molecular weight is 302 g/mol. The van der Waals surface area contributed by atoms with Crippen molar-refractivity contribution in [1.82, 2.24) is 0 Å². The van der Waals surface area contributed by atoms with Gasteiger partial charge in [-0.3, -0.25) is 4.79 Å². The Morgan fingerprint density at radius 2 is 2.10 bits per heavy atom. The Hall–Kier alpha value is -2.34. The Labute approximate surface area is 126 Å². The topological polar surface area (TPSA) is 73.6 Å². The second-order valence-corrected chi connectivity index (χ2v) is 5.56. The third kappa shape index (κ3) is 2.75. The van der Waals surface area contributed by atoms with Gasteiger partial charge in [0.2, 0.25) is 0 Å². The van der Waals surface area contributed by atoms with Gasteiger partial charge in [0.25, 0.3) is 5.91 Å². The quantitative estimate of drug-likeness (QED) is 0.853. The molecule has 2 aromatic rings. The molecule has 1 heterocycles. The molecule has 1 aliphatic heterocycles. The molecule has 0 saturated heterocycles. The van der Waals surface area contributed by atoms with Gasteiger partial charge in [-0.25, -0.2) is 0 Å². The SMILES string of the molecule is COc1ccccc1Sc1cc2c(cc1N)OCC(=O)N2. The Morgan fingerprint density at radius 1 is 1.29 bits per heavy atom. The highest BCUT2D eigenvalue weighted by Gasteiger charge is 2.18. The van der Waals surface area contributed by atoms with Gasteiger partial charge in [-0.15, -0.1) is 0 Å². The zero-order valence-electron chi connectivity index (χ0n) is 11.4. The van der Waals surface area contributed by atoms with Gasteiger partial charge >= 0.3 is 0 Å². The van der Waals surface area contributed by atoms with Gasteiger partial charge in [0, 0.05) is 16.6 Å². The number of anilines is 2. The van der Waals surface area contributed by atoms with Crippen molar-refractivity contribution in [2.45, 2.75) is 9.79 Å². The minimum atomic E-state index is -0.166. The fraction of sp³-hybridized carbons (Fsp3) is 0.133. The van der Waals surface area contributed by atoms with Gasteiger partial charge in [0.1, 0.15) is 11.5 Å². The molecule has 3 rings (SSSR count). The lowest BCUT2D eigenvalue weighted by molar-refractivity contribution is -0.118. The average Bonchev–Trinajstić information content (AvgIpc) is 2.49. The maximum atomic E-state index is 11.4. The lowest BCUT2D eigenvalue weighted by atomic mass is 10.2. The molecule has 1 aliphatic rings. The lowest BCUT2D eigenvalue weighted by Crippen LogP contribution is -2.25. The van der Waals surface area contributed by atoms with E-state index in [-0.39, 0.29) is 12.5 Å². The number of para-hydroxylation sites is 1. The number of fused-ring (bicyclic) bond motifs is 1. The number of carbonyl (C=O) groups is 1. The number of hydrogen-bond donors (Lipinski definition) is 2. The molecular weight excluding hydrogens is 288 g/mol. The highest BCUT2D eigenvalue weighted by molar-refractivity contribution is 7.99. The van der Waals surface area contributed by atoms with E-state index in [0.717, 1.165) is 15.5 Å². The molecular formula is C15H14N2O3S. The van der Waals surface area contributed by atoms with E-state index in [1.54, 1.807) is 13.2 Å². The van der Waals surface area contributed by atoms with Gasteiger partial charge in [-0.2, -0.15) is 0 Å². The van der Waals surface area contributed by atoms with Crippen LogP contribution in [0.5, 0.6) is 11.5 Å². The van der Waals surface area contributed by atoms with Crippen LogP contribution in [0.3, 0.4) is 0 Å². The molecule has 0 atom stereocenters. The van der Waals surface area contributed by atoms with Crippen LogP contribution >= 0.6 is 11.8 Å². The van der Waals surface area contributed by atoms with Crippen LogP contribution in [0.4, 0.5) is 11.4 Å². The van der Waals surface area contributed by atoms with Crippen molar-refractivity contribution in [3.63, 3.8) is 0 Å². The fourth-order valence-corrected chi connectivity index (χ4v) is 3.02. The van der Waals surface area contributed by atoms with E-state index in [1.807, 2.05) is 30.3 Å². The molecule has 6 heteroatoms. The van der Waals surface area contributed by atoms with Gasteiger partial charge < -0.3 is 20.5 Å². The Bertz CT molecular complexity index is 703. The monoisotopic (exact) mass is 302 g/mol. The van der Waals surface area contributed by atoms with E-state index in [0.29, 0.717) is 17.1 Å². The first-order valence-corrected chi connectivity index (χ1v) is 7.16. The van der Waals surface area contributed by atoms with Crippen LogP contribution in [0, 0.1) is 0 Å². The van der Waals surface area contributed by atoms with Crippen LogP contribution in [-0.2, 0) is 4.79 Å². The largest absolute Gasteiger partial charge is 0.496 e. The van der Waals surface area contributed by atoms with Crippen molar-refractivity contribution in [1.29, 1.82) is 0 Å². The van der Waals surface area contributed by atoms with Crippen molar-refractivity contribution in [3.8, 4) is 11.5 Å². The predicted molar refractivity (Wildman–Crippen MR) is 82.1 cm³/mol. The van der Waals surface area contributed by atoms with Gasteiger partial charge in [-0.1, -0.05) is 23.9 Å². The molecule has 0 spiro atoms. The molecule has 1 amide bonds. The van der Waals surface area contributed by atoms with E-state index in [4.69, 9.17) is 15.2 Å². The minimum absolute atomic E-state index is 0.0193. The molecule has 3 N–H and O–H groups in total. The molecule has 0 saturated carbocycles. The van der Waals surface area contributed by atoms with E-state index in [9.17, 15) is 4.79 Å². The molecule has 0 aromatic heterocycles. The number of carbonyl (C=O) groups excluding carboxylic acids is 1. The normalized spacial score (nSPS) is 13.1. The first-order chi connectivity index (χ1) is 10.2. The fourth-order valence-electron chi connectivity index (χ4n) is 2.03. The van der Waals surface area contributed by atoms with Gasteiger partial charge in [-0.05, 0) is 18.2 Å². The van der Waals surface area contributed by atoms with Crippen LogP contribution in [0.25, 0.3) is 0 Å². The van der Waals surface area contributed by atoms with Crippen LogP contribution in [0.1, 0.15) is 0 Å².